The van der Waals surface area contributed by atoms with E-state index in [1.165, 1.54) is 6.07 Å². The van der Waals surface area contributed by atoms with E-state index in [0.29, 0.717) is 25.4 Å². The first-order chi connectivity index (χ1) is 8.75. The van der Waals surface area contributed by atoms with Crippen LogP contribution < -0.4 is 10.1 Å². The largest absolute Gasteiger partial charge is 0.489 e. The molecule has 1 aromatic carbocycles. The van der Waals surface area contributed by atoms with Crippen molar-refractivity contribution in [3.63, 3.8) is 0 Å². The van der Waals surface area contributed by atoms with Gasteiger partial charge in [-0.1, -0.05) is 6.07 Å². The molecule has 4 heteroatoms. The number of hydrogen-bond acceptors (Lipinski definition) is 3. The van der Waals surface area contributed by atoms with E-state index in [1.807, 2.05) is 19.1 Å². The molecule has 0 radical (unpaired) electrons. The van der Waals surface area contributed by atoms with Gasteiger partial charge in [0.1, 0.15) is 12.4 Å². The van der Waals surface area contributed by atoms with E-state index in [-0.39, 0.29) is 5.82 Å². The zero-order valence-corrected chi connectivity index (χ0v) is 10.3. The lowest BCUT2D eigenvalue weighted by molar-refractivity contribution is 0.296. The number of furan rings is 1. The van der Waals surface area contributed by atoms with Gasteiger partial charge in [0.05, 0.1) is 12.8 Å². The summed E-state index contributed by atoms with van der Waals surface area (Å²) in [7, 11) is 0. The molecule has 0 saturated heterocycles. The molecule has 0 spiro atoms. The Balaban J connectivity index is 1.70. The highest BCUT2D eigenvalue weighted by atomic mass is 19.1. The molecule has 0 aliphatic heterocycles. The van der Waals surface area contributed by atoms with Gasteiger partial charge >= 0.3 is 0 Å². The number of aryl methyl sites for hydroxylation is 1. The molecular weight excluding hydrogens is 233 g/mol. The minimum Gasteiger partial charge on any atom is -0.489 e. The van der Waals surface area contributed by atoms with Crippen LogP contribution in [0.2, 0.25) is 0 Å². The number of nitrogens with one attached hydrogen (secondary N) is 1. The molecule has 1 aromatic heterocycles. The predicted octanol–water partition coefficient (Wildman–Crippen LogP) is 2.90. The lowest BCUT2D eigenvalue weighted by Gasteiger charge is -2.08. The Labute approximate surface area is 106 Å². The van der Waals surface area contributed by atoms with Gasteiger partial charge in [0.25, 0.3) is 0 Å². The SMILES string of the molecule is Cc1ccc(F)c(OCCNCc2ccco2)c1. The van der Waals surface area contributed by atoms with Crippen LogP contribution in [0.15, 0.2) is 41.0 Å². The fourth-order valence-corrected chi connectivity index (χ4v) is 1.58. The van der Waals surface area contributed by atoms with Crippen LogP contribution in [0.25, 0.3) is 0 Å². The second-order valence-corrected chi connectivity index (χ2v) is 4.04. The fourth-order valence-electron chi connectivity index (χ4n) is 1.58. The summed E-state index contributed by atoms with van der Waals surface area (Å²) in [4.78, 5) is 0. The highest BCUT2D eigenvalue weighted by Gasteiger charge is 2.02. The van der Waals surface area contributed by atoms with Crippen molar-refractivity contribution in [3.8, 4) is 5.75 Å². The van der Waals surface area contributed by atoms with Gasteiger partial charge in [-0.3, -0.25) is 0 Å². The minimum atomic E-state index is -0.327. The highest BCUT2D eigenvalue weighted by molar-refractivity contribution is 5.29. The van der Waals surface area contributed by atoms with Crippen LogP contribution in [0, 0.1) is 12.7 Å². The highest BCUT2D eigenvalue weighted by Crippen LogP contribution is 2.17. The van der Waals surface area contributed by atoms with Gasteiger partial charge in [0, 0.05) is 6.54 Å². The molecule has 0 aliphatic rings. The fraction of sp³-hybridized carbons (Fsp3) is 0.286. The van der Waals surface area contributed by atoms with Crippen molar-refractivity contribution >= 4 is 0 Å². The summed E-state index contributed by atoms with van der Waals surface area (Å²) < 4.78 is 23.9. The topological polar surface area (TPSA) is 34.4 Å². The van der Waals surface area contributed by atoms with Crippen LogP contribution in [0.1, 0.15) is 11.3 Å². The Bertz CT molecular complexity index is 483. The Morgan fingerprint density at radius 3 is 3.00 bits per heavy atom. The first-order valence-corrected chi connectivity index (χ1v) is 5.88. The normalized spacial score (nSPS) is 10.6. The number of benzene rings is 1. The van der Waals surface area contributed by atoms with Crippen molar-refractivity contribution < 1.29 is 13.5 Å². The van der Waals surface area contributed by atoms with E-state index in [2.05, 4.69) is 5.32 Å². The van der Waals surface area contributed by atoms with Crippen LogP contribution in [0.5, 0.6) is 5.75 Å². The number of halogens is 1. The Hall–Kier alpha value is -1.81. The molecule has 96 valence electrons. The first kappa shape index (κ1) is 12.6. The third kappa shape index (κ3) is 3.60. The molecule has 2 aromatic rings. The summed E-state index contributed by atoms with van der Waals surface area (Å²) in [5.74, 6) is 0.846. The molecule has 0 unspecified atom stereocenters. The summed E-state index contributed by atoms with van der Waals surface area (Å²) in [5, 5.41) is 3.15. The Morgan fingerprint density at radius 2 is 2.22 bits per heavy atom. The van der Waals surface area contributed by atoms with Crippen molar-refractivity contribution in [3.05, 3.63) is 53.7 Å². The van der Waals surface area contributed by atoms with E-state index in [4.69, 9.17) is 9.15 Å². The Morgan fingerprint density at radius 1 is 1.33 bits per heavy atom. The zero-order valence-electron chi connectivity index (χ0n) is 10.3. The molecule has 2 rings (SSSR count). The maximum absolute atomic E-state index is 13.3. The van der Waals surface area contributed by atoms with E-state index in [0.717, 1.165) is 11.3 Å². The summed E-state index contributed by atoms with van der Waals surface area (Å²) in [5.41, 5.74) is 0.981. The third-order valence-electron chi connectivity index (χ3n) is 2.50. The van der Waals surface area contributed by atoms with E-state index in [9.17, 15) is 4.39 Å². The van der Waals surface area contributed by atoms with E-state index in [1.54, 1.807) is 18.4 Å². The van der Waals surface area contributed by atoms with Gasteiger partial charge in [-0.25, -0.2) is 4.39 Å². The molecule has 0 atom stereocenters. The van der Waals surface area contributed by atoms with Gasteiger partial charge in [-0.05, 0) is 36.8 Å². The third-order valence-corrected chi connectivity index (χ3v) is 2.50. The van der Waals surface area contributed by atoms with Crippen LogP contribution in [-0.2, 0) is 6.54 Å². The molecule has 1 N–H and O–H groups in total. The number of rotatable bonds is 6. The second kappa shape index (κ2) is 6.21. The summed E-state index contributed by atoms with van der Waals surface area (Å²) in [6.45, 7) is 3.60. The van der Waals surface area contributed by atoms with Crippen molar-refractivity contribution in [1.82, 2.24) is 5.32 Å². The van der Waals surface area contributed by atoms with Crippen molar-refractivity contribution in [1.29, 1.82) is 0 Å². The average Bonchev–Trinajstić information content (AvgIpc) is 2.86. The zero-order chi connectivity index (χ0) is 12.8. The minimum absolute atomic E-state index is 0.301. The average molecular weight is 249 g/mol. The molecule has 0 bridgehead atoms. The number of ether oxygens (including phenoxy) is 1. The molecular formula is C14H16FNO2. The Kier molecular flexibility index (Phi) is 4.36. The van der Waals surface area contributed by atoms with Gasteiger partial charge in [-0.15, -0.1) is 0 Å². The summed E-state index contributed by atoms with van der Waals surface area (Å²) in [6.07, 6.45) is 1.63. The van der Waals surface area contributed by atoms with Crippen LogP contribution >= 0.6 is 0 Å². The molecule has 0 saturated carbocycles. The quantitative estimate of drug-likeness (QED) is 0.799. The summed E-state index contributed by atoms with van der Waals surface area (Å²) in [6, 6.07) is 8.57. The van der Waals surface area contributed by atoms with Crippen molar-refractivity contribution in [2.24, 2.45) is 0 Å². The first-order valence-electron chi connectivity index (χ1n) is 5.88. The van der Waals surface area contributed by atoms with Crippen LogP contribution in [0.4, 0.5) is 4.39 Å². The van der Waals surface area contributed by atoms with Gasteiger partial charge in [-0.2, -0.15) is 0 Å². The lowest BCUT2D eigenvalue weighted by atomic mass is 10.2. The smallest absolute Gasteiger partial charge is 0.165 e. The summed E-state index contributed by atoms with van der Waals surface area (Å²) >= 11 is 0. The van der Waals surface area contributed by atoms with Gasteiger partial charge < -0.3 is 14.5 Å². The van der Waals surface area contributed by atoms with Crippen molar-refractivity contribution in [2.75, 3.05) is 13.2 Å². The van der Waals surface area contributed by atoms with Crippen LogP contribution in [-0.4, -0.2) is 13.2 Å². The molecule has 18 heavy (non-hydrogen) atoms. The molecule has 3 nitrogen and oxygen atoms in total. The molecule has 0 amide bonds. The van der Waals surface area contributed by atoms with Crippen LogP contribution in [0.3, 0.4) is 0 Å². The second-order valence-electron chi connectivity index (χ2n) is 4.04. The maximum atomic E-state index is 13.3. The van der Waals surface area contributed by atoms with E-state index < -0.39 is 0 Å². The van der Waals surface area contributed by atoms with Crippen molar-refractivity contribution in [2.45, 2.75) is 13.5 Å². The molecule has 1 heterocycles. The van der Waals surface area contributed by atoms with Gasteiger partial charge in [0.15, 0.2) is 11.6 Å². The molecule has 0 fully saturated rings. The van der Waals surface area contributed by atoms with E-state index >= 15 is 0 Å². The lowest BCUT2D eigenvalue weighted by Crippen LogP contribution is -2.20. The number of hydrogen-bond donors (Lipinski definition) is 1. The monoisotopic (exact) mass is 249 g/mol. The maximum Gasteiger partial charge on any atom is 0.165 e. The van der Waals surface area contributed by atoms with Gasteiger partial charge in [0.2, 0.25) is 0 Å². The molecule has 0 aliphatic carbocycles. The standard InChI is InChI=1S/C14H16FNO2/c1-11-4-5-13(15)14(9-11)18-8-6-16-10-12-3-2-7-17-12/h2-5,7,9,16H,6,8,10H2,1H3. The predicted molar refractivity (Wildman–Crippen MR) is 67.0 cm³/mol.